The van der Waals surface area contributed by atoms with Crippen molar-refractivity contribution >= 4 is 10.0 Å². The first-order chi connectivity index (χ1) is 11.6. The second-order valence-electron chi connectivity index (χ2n) is 7.85. The molecule has 0 bridgehead atoms. The van der Waals surface area contributed by atoms with Crippen LogP contribution in [-0.2, 0) is 24.2 Å². The van der Waals surface area contributed by atoms with Gasteiger partial charge in [0, 0.05) is 32.7 Å². The lowest BCUT2D eigenvalue weighted by atomic mass is 9.89. The van der Waals surface area contributed by atoms with E-state index in [2.05, 4.69) is 0 Å². The van der Waals surface area contributed by atoms with E-state index < -0.39 is 10.0 Å². The Bertz CT molecular complexity index is 533. The molecule has 1 atom stereocenters. The van der Waals surface area contributed by atoms with E-state index in [1.54, 1.807) is 4.31 Å². The summed E-state index contributed by atoms with van der Waals surface area (Å²) in [5, 5.41) is -0.105. The quantitative estimate of drug-likeness (QED) is 0.745. The third-order valence-electron chi connectivity index (χ3n) is 6.02. The average molecular weight is 359 g/mol. The van der Waals surface area contributed by atoms with Crippen LogP contribution in [0.4, 0.5) is 0 Å². The first-order valence-electron chi connectivity index (χ1n) is 9.40. The number of hydrogen-bond donors (Lipinski definition) is 0. The van der Waals surface area contributed by atoms with Crippen molar-refractivity contribution in [2.75, 3.05) is 39.5 Å². The molecule has 4 rings (SSSR count). The normalized spacial score (nSPS) is 32.4. The third kappa shape index (κ3) is 3.65. The Kier molecular flexibility index (Phi) is 4.90. The number of nitrogens with zero attached hydrogens (tertiary/aromatic N) is 1. The Balaban J connectivity index is 1.24. The van der Waals surface area contributed by atoms with Crippen LogP contribution in [0.5, 0.6) is 0 Å². The molecule has 0 aromatic heterocycles. The van der Waals surface area contributed by atoms with Gasteiger partial charge in [0.15, 0.2) is 0 Å². The summed E-state index contributed by atoms with van der Waals surface area (Å²) in [6, 6.07) is 0. The Morgan fingerprint density at radius 1 is 1.08 bits per heavy atom. The van der Waals surface area contributed by atoms with E-state index in [0.717, 1.165) is 64.8 Å². The molecule has 0 N–H and O–H groups in total. The third-order valence-corrected chi connectivity index (χ3v) is 8.42. The molecule has 1 unspecified atom stereocenters. The fourth-order valence-corrected chi connectivity index (χ4v) is 6.01. The fraction of sp³-hybridized carbons (Fsp3) is 1.00. The molecule has 4 aliphatic rings. The second kappa shape index (κ2) is 6.83. The Labute approximate surface area is 144 Å². The number of rotatable bonds is 5. The first kappa shape index (κ1) is 17.2. The lowest BCUT2D eigenvalue weighted by Crippen LogP contribution is -2.47. The number of ether oxygens (including phenoxy) is 3. The molecule has 1 spiro atoms. The molecular weight excluding hydrogens is 330 g/mol. The second-order valence-corrected chi connectivity index (χ2v) is 10.1. The van der Waals surface area contributed by atoms with E-state index in [1.165, 1.54) is 0 Å². The molecule has 7 heteroatoms. The number of piperidine rings is 1. The fourth-order valence-electron chi connectivity index (χ4n) is 4.17. The summed E-state index contributed by atoms with van der Waals surface area (Å²) in [5.74, 6) is 0.612. The zero-order valence-electron chi connectivity index (χ0n) is 14.3. The lowest BCUT2D eigenvalue weighted by molar-refractivity contribution is -0.0369. The predicted octanol–water partition coefficient (Wildman–Crippen LogP) is 1.55. The van der Waals surface area contributed by atoms with Gasteiger partial charge in [0.2, 0.25) is 10.0 Å². The van der Waals surface area contributed by atoms with Crippen LogP contribution in [-0.4, -0.2) is 69.2 Å². The summed E-state index contributed by atoms with van der Waals surface area (Å²) in [6.45, 7) is 4.36. The highest BCUT2D eigenvalue weighted by Crippen LogP contribution is 2.40. The molecule has 0 amide bonds. The summed E-state index contributed by atoms with van der Waals surface area (Å²) >= 11 is 0. The number of hydrogen-bond acceptors (Lipinski definition) is 5. The highest BCUT2D eigenvalue weighted by Gasteiger charge is 2.47. The number of sulfonamides is 1. The highest BCUT2D eigenvalue weighted by atomic mass is 32.2. The molecular formula is C17H29NO5S. The van der Waals surface area contributed by atoms with Gasteiger partial charge in [-0.05, 0) is 44.4 Å². The van der Waals surface area contributed by atoms with E-state index in [-0.39, 0.29) is 17.0 Å². The summed E-state index contributed by atoms with van der Waals surface area (Å²) in [6.07, 6.45) is 6.53. The van der Waals surface area contributed by atoms with E-state index >= 15 is 0 Å². The van der Waals surface area contributed by atoms with Crippen molar-refractivity contribution < 1.29 is 22.6 Å². The molecule has 0 radical (unpaired) electrons. The minimum absolute atomic E-state index is 0.105. The van der Waals surface area contributed by atoms with Crippen LogP contribution >= 0.6 is 0 Å². The van der Waals surface area contributed by atoms with Crippen LogP contribution < -0.4 is 0 Å². The van der Waals surface area contributed by atoms with Crippen LogP contribution in [0.1, 0.15) is 44.9 Å². The van der Waals surface area contributed by atoms with Gasteiger partial charge < -0.3 is 14.2 Å². The van der Waals surface area contributed by atoms with Gasteiger partial charge in [0.1, 0.15) is 0 Å². The molecule has 24 heavy (non-hydrogen) atoms. The van der Waals surface area contributed by atoms with Crippen LogP contribution in [0.25, 0.3) is 0 Å². The maximum absolute atomic E-state index is 12.3. The molecule has 3 aliphatic heterocycles. The zero-order chi connectivity index (χ0) is 16.6. The van der Waals surface area contributed by atoms with Gasteiger partial charge in [-0.25, -0.2) is 12.7 Å². The van der Waals surface area contributed by atoms with Crippen LogP contribution in [0, 0.1) is 5.92 Å². The maximum Gasteiger partial charge on any atom is 0.216 e. The van der Waals surface area contributed by atoms with Crippen LogP contribution in [0.15, 0.2) is 0 Å². The van der Waals surface area contributed by atoms with E-state index in [4.69, 9.17) is 14.2 Å². The molecule has 6 nitrogen and oxygen atoms in total. The summed E-state index contributed by atoms with van der Waals surface area (Å²) in [7, 11) is -3.04. The molecule has 138 valence electrons. The lowest BCUT2D eigenvalue weighted by Gasteiger charge is -2.38. The van der Waals surface area contributed by atoms with Crippen molar-refractivity contribution in [2.45, 2.75) is 61.9 Å². The van der Waals surface area contributed by atoms with E-state index in [1.807, 2.05) is 0 Å². The van der Waals surface area contributed by atoms with Gasteiger partial charge in [-0.1, -0.05) is 0 Å². The minimum atomic E-state index is -3.04. The summed E-state index contributed by atoms with van der Waals surface area (Å²) < 4.78 is 44.0. The van der Waals surface area contributed by atoms with Gasteiger partial charge in [0.05, 0.1) is 30.2 Å². The summed E-state index contributed by atoms with van der Waals surface area (Å²) in [4.78, 5) is 0. The van der Waals surface area contributed by atoms with Crippen molar-refractivity contribution in [1.29, 1.82) is 0 Å². The Hall–Kier alpha value is -0.210. The molecule has 4 fully saturated rings. The zero-order valence-corrected chi connectivity index (χ0v) is 15.1. The molecule has 3 heterocycles. The van der Waals surface area contributed by atoms with Gasteiger partial charge in [-0.3, -0.25) is 0 Å². The Morgan fingerprint density at radius 2 is 1.79 bits per heavy atom. The van der Waals surface area contributed by atoms with Gasteiger partial charge in [0.25, 0.3) is 0 Å². The van der Waals surface area contributed by atoms with Gasteiger partial charge in [-0.2, -0.15) is 0 Å². The van der Waals surface area contributed by atoms with Crippen molar-refractivity contribution in [1.82, 2.24) is 4.31 Å². The van der Waals surface area contributed by atoms with Crippen molar-refractivity contribution in [3.63, 3.8) is 0 Å². The minimum Gasteiger partial charge on any atom is -0.381 e. The van der Waals surface area contributed by atoms with Crippen molar-refractivity contribution in [2.24, 2.45) is 5.92 Å². The van der Waals surface area contributed by atoms with Crippen molar-refractivity contribution in [3.8, 4) is 0 Å². The van der Waals surface area contributed by atoms with E-state index in [9.17, 15) is 8.42 Å². The SMILES string of the molecule is O=S(=O)(C1CC1)N1CCC2(CC1)CC(OCC1CCOCC1)CO2. The van der Waals surface area contributed by atoms with Crippen molar-refractivity contribution in [3.05, 3.63) is 0 Å². The standard InChI is InChI=1S/C17H29NO5S/c19-24(20,16-1-2-16)18-7-5-17(6-8-18)11-15(13-23-17)22-12-14-3-9-21-10-4-14/h14-16H,1-13H2. The topological polar surface area (TPSA) is 65.1 Å². The summed E-state index contributed by atoms with van der Waals surface area (Å²) in [5.41, 5.74) is -0.157. The molecule has 1 aliphatic carbocycles. The van der Waals surface area contributed by atoms with Gasteiger partial charge in [-0.15, -0.1) is 0 Å². The molecule has 0 aromatic carbocycles. The largest absolute Gasteiger partial charge is 0.381 e. The monoisotopic (exact) mass is 359 g/mol. The first-order valence-corrected chi connectivity index (χ1v) is 10.9. The maximum atomic E-state index is 12.3. The highest BCUT2D eigenvalue weighted by molar-refractivity contribution is 7.90. The van der Waals surface area contributed by atoms with E-state index in [0.29, 0.717) is 25.6 Å². The molecule has 0 aromatic rings. The smallest absolute Gasteiger partial charge is 0.216 e. The predicted molar refractivity (Wildman–Crippen MR) is 89.3 cm³/mol. The van der Waals surface area contributed by atoms with Gasteiger partial charge >= 0.3 is 0 Å². The average Bonchev–Trinajstić information content (AvgIpc) is 3.39. The Morgan fingerprint density at radius 3 is 2.46 bits per heavy atom. The molecule has 3 saturated heterocycles. The molecule has 1 saturated carbocycles. The van der Waals surface area contributed by atoms with Crippen LogP contribution in [0.3, 0.4) is 0 Å². The van der Waals surface area contributed by atoms with Crippen LogP contribution in [0.2, 0.25) is 0 Å².